The highest BCUT2D eigenvalue weighted by Crippen LogP contribution is 2.16. The highest BCUT2D eigenvalue weighted by atomic mass is 35.5. The molecule has 0 atom stereocenters. The normalized spacial score (nSPS) is 10.1. The van der Waals surface area contributed by atoms with Crippen LogP contribution in [0, 0.1) is 11.3 Å². The Balaban J connectivity index is 2.06. The molecule has 0 radical (unpaired) electrons. The van der Waals surface area contributed by atoms with Crippen molar-refractivity contribution in [1.82, 2.24) is 14.7 Å². The summed E-state index contributed by atoms with van der Waals surface area (Å²) in [4.78, 5) is 13.6. The van der Waals surface area contributed by atoms with E-state index in [0.717, 1.165) is 5.56 Å². The molecule has 0 saturated carbocycles. The van der Waals surface area contributed by atoms with E-state index in [1.165, 1.54) is 11.1 Å². The summed E-state index contributed by atoms with van der Waals surface area (Å²) in [6, 6.07) is 9.54. The molecule has 0 saturated heterocycles. The first-order chi connectivity index (χ1) is 10.1. The zero-order chi connectivity index (χ0) is 15.2. The van der Waals surface area contributed by atoms with Gasteiger partial charge in [0.2, 0.25) is 0 Å². The number of nitrogens with zero attached hydrogens (tertiary/aromatic N) is 4. The zero-order valence-corrected chi connectivity index (χ0v) is 12.4. The van der Waals surface area contributed by atoms with E-state index in [1.807, 2.05) is 30.3 Å². The minimum Gasteiger partial charge on any atom is -0.341 e. The van der Waals surface area contributed by atoms with Gasteiger partial charge in [-0.2, -0.15) is 10.4 Å². The highest BCUT2D eigenvalue weighted by Gasteiger charge is 2.13. The number of hydrogen-bond acceptors (Lipinski definition) is 3. The number of nitriles is 1. The van der Waals surface area contributed by atoms with Crippen LogP contribution in [0.25, 0.3) is 0 Å². The Bertz CT molecular complexity index is 674. The van der Waals surface area contributed by atoms with Gasteiger partial charge in [0.25, 0.3) is 5.91 Å². The minimum absolute atomic E-state index is 0.143. The largest absolute Gasteiger partial charge is 0.341 e. The third-order valence-electron chi connectivity index (χ3n) is 3.08. The molecule has 21 heavy (non-hydrogen) atoms. The summed E-state index contributed by atoms with van der Waals surface area (Å²) in [6.07, 6.45) is 3.53. The second-order valence-electron chi connectivity index (χ2n) is 4.65. The van der Waals surface area contributed by atoms with Gasteiger partial charge in [-0.15, -0.1) is 0 Å². The van der Waals surface area contributed by atoms with Crippen LogP contribution in [0.5, 0.6) is 0 Å². The Morgan fingerprint density at radius 2 is 2.24 bits per heavy atom. The lowest BCUT2D eigenvalue weighted by atomic mass is 10.2. The lowest BCUT2D eigenvalue weighted by Crippen LogP contribution is -2.27. The van der Waals surface area contributed by atoms with Crippen LogP contribution in [0.3, 0.4) is 0 Å². The van der Waals surface area contributed by atoms with E-state index in [-0.39, 0.29) is 5.91 Å². The van der Waals surface area contributed by atoms with Crippen LogP contribution in [-0.2, 0) is 6.54 Å². The van der Waals surface area contributed by atoms with Gasteiger partial charge in [0.15, 0.2) is 0 Å². The molecule has 6 heteroatoms. The van der Waals surface area contributed by atoms with Crippen LogP contribution in [0.1, 0.15) is 22.3 Å². The summed E-state index contributed by atoms with van der Waals surface area (Å²) in [5.74, 6) is -0.143. The average molecular weight is 303 g/mol. The Labute approximate surface area is 128 Å². The van der Waals surface area contributed by atoms with Gasteiger partial charge in [0.1, 0.15) is 0 Å². The molecule has 1 aromatic carbocycles. The first kappa shape index (κ1) is 15.1. The summed E-state index contributed by atoms with van der Waals surface area (Å²) < 4.78 is 1.67. The summed E-state index contributed by atoms with van der Waals surface area (Å²) in [7, 11) is 1.67. The second kappa shape index (κ2) is 6.91. The molecule has 0 fully saturated rings. The number of benzene rings is 1. The first-order valence-corrected chi connectivity index (χ1v) is 6.88. The molecule has 0 N–H and O–H groups in total. The Hall–Kier alpha value is -2.32. The third kappa shape index (κ3) is 3.83. The van der Waals surface area contributed by atoms with E-state index in [2.05, 4.69) is 5.10 Å². The quantitative estimate of drug-likeness (QED) is 0.853. The molecule has 0 bridgehead atoms. The van der Waals surface area contributed by atoms with Gasteiger partial charge in [-0.05, 0) is 11.6 Å². The predicted molar refractivity (Wildman–Crippen MR) is 80.0 cm³/mol. The molecule has 1 heterocycles. The van der Waals surface area contributed by atoms with Gasteiger partial charge in [0.05, 0.1) is 30.8 Å². The fourth-order valence-electron chi connectivity index (χ4n) is 1.90. The number of aromatic nitrogens is 2. The molecule has 0 spiro atoms. The lowest BCUT2D eigenvalue weighted by molar-refractivity contribution is 0.0798. The number of carbonyl (C=O) groups is 1. The molecule has 0 aliphatic rings. The molecule has 108 valence electrons. The Morgan fingerprint density at radius 3 is 2.95 bits per heavy atom. The standard InChI is InChI=1S/C15H15ClN4O/c1-19(8-4-7-17)15(21)13-9-18-20(11-13)10-12-5-2-3-6-14(12)16/h2-3,5-6,9,11H,4,8,10H2,1H3. The number of amides is 1. The summed E-state index contributed by atoms with van der Waals surface area (Å²) in [5, 5.41) is 13.4. The molecular formula is C15H15ClN4O. The van der Waals surface area contributed by atoms with E-state index >= 15 is 0 Å². The van der Waals surface area contributed by atoms with Gasteiger partial charge in [-0.25, -0.2) is 0 Å². The third-order valence-corrected chi connectivity index (χ3v) is 3.44. The summed E-state index contributed by atoms with van der Waals surface area (Å²) >= 11 is 6.10. The highest BCUT2D eigenvalue weighted by molar-refractivity contribution is 6.31. The maximum Gasteiger partial charge on any atom is 0.256 e. The Morgan fingerprint density at radius 1 is 1.48 bits per heavy atom. The number of halogens is 1. The van der Waals surface area contributed by atoms with Crippen molar-refractivity contribution in [2.24, 2.45) is 0 Å². The van der Waals surface area contributed by atoms with Gasteiger partial charge in [0, 0.05) is 24.8 Å². The number of rotatable bonds is 5. The first-order valence-electron chi connectivity index (χ1n) is 6.50. The molecular weight excluding hydrogens is 288 g/mol. The van der Waals surface area contributed by atoms with Crippen LogP contribution in [0.15, 0.2) is 36.7 Å². The van der Waals surface area contributed by atoms with E-state index in [0.29, 0.717) is 30.1 Å². The van der Waals surface area contributed by atoms with Gasteiger partial charge in [-0.1, -0.05) is 29.8 Å². The molecule has 5 nitrogen and oxygen atoms in total. The van der Waals surface area contributed by atoms with Crippen LogP contribution in [0.4, 0.5) is 0 Å². The van der Waals surface area contributed by atoms with Crippen LogP contribution < -0.4 is 0 Å². The fourth-order valence-corrected chi connectivity index (χ4v) is 2.10. The molecule has 0 aliphatic heterocycles. The van der Waals surface area contributed by atoms with E-state index in [1.54, 1.807) is 17.9 Å². The number of carbonyl (C=O) groups excluding carboxylic acids is 1. The van der Waals surface area contributed by atoms with Crippen molar-refractivity contribution in [1.29, 1.82) is 5.26 Å². The maximum absolute atomic E-state index is 12.1. The van der Waals surface area contributed by atoms with Crippen LogP contribution >= 0.6 is 11.6 Å². The van der Waals surface area contributed by atoms with Gasteiger partial charge < -0.3 is 4.90 Å². The summed E-state index contributed by atoms with van der Waals surface area (Å²) in [5.41, 5.74) is 1.45. The summed E-state index contributed by atoms with van der Waals surface area (Å²) in [6.45, 7) is 0.917. The molecule has 2 aromatic rings. The smallest absolute Gasteiger partial charge is 0.256 e. The van der Waals surface area contributed by atoms with E-state index in [4.69, 9.17) is 16.9 Å². The lowest BCUT2D eigenvalue weighted by Gasteiger charge is -2.13. The SMILES string of the molecule is CN(CCC#N)C(=O)c1cnn(Cc2ccccc2Cl)c1. The second-order valence-corrected chi connectivity index (χ2v) is 5.06. The van der Waals surface area contributed by atoms with Crippen molar-refractivity contribution in [3.8, 4) is 6.07 Å². The van der Waals surface area contributed by atoms with Crippen LogP contribution in [0.2, 0.25) is 5.02 Å². The molecule has 1 amide bonds. The maximum atomic E-state index is 12.1. The van der Waals surface area contributed by atoms with Crippen molar-refractivity contribution in [2.45, 2.75) is 13.0 Å². The van der Waals surface area contributed by atoms with Crippen molar-refractivity contribution in [3.05, 3.63) is 52.8 Å². The van der Waals surface area contributed by atoms with Crippen molar-refractivity contribution < 1.29 is 4.79 Å². The molecule has 0 unspecified atom stereocenters. The Kier molecular flexibility index (Phi) is 4.96. The minimum atomic E-state index is -0.143. The molecule has 2 rings (SSSR count). The van der Waals surface area contributed by atoms with Crippen molar-refractivity contribution in [2.75, 3.05) is 13.6 Å². The molecule has 0 aliphatic carbocycles. The molecule has 1 aromatic heterocycles. The van der Waals surface area contributed by atoms with Gasteiger partial charge >= 0.3 is 0 Å². The van der Waals surface area contributed by atoms with Crippen LogP contribution in [-0.4, -0.2) is 34.2 Å². The zero-order valence-electron chi connectivity index (χ0n) is 11.7. The van der Waals surface area contributed by atoms with Gasteiger partial charge in [-0.3, -0.25) is 9.48 Å². The van der Waals surface area contributed by atoms with Crippen molar-refractivity contribution in [3.63, 3.8) is 0 Å². The van der Waals surface area contributed by atoms with E-state index in [9.17, 15) is 4.79 Å². The van der Waals surface area contributed by atoms with Crippen molar-refractivity contribution >= 4 is 17.5 Å². The predicted octanol–water partition coefficient (Wildman–Crippen LogP) is 2.57. The number of hydrogen-bond donors (Lipinski definition) is 0. The van der Waals surface area contributed by atoms with E-state index < -0.39 is 0 Å². The fraction of sp³-hybridized carbons (Fsp3) is 0.267. The monoisotopic (exact) mass is 302 g/mol. The average Bonchev–Trinajstić information content (AvgIpc) is 2.95. The topological polar surface area (TPSA) is 61.9 Å².